The minimum atomic E-state index is -4.03. The van der Waals surface area contributed by atoms with Crippen LogP contribution >= 0.6 is 11.6 Å². The Morgan fingerprint density at radius 2 is 1.94 bits per heavy atom. The minimum absolute atomic E-state index is 0.0367. The maximum Gasteiger partial charge on any atom is 0.251 e. The van der Waals surface area contributed by atoms with Gasteiger partial charge in [0.15, 0.2) is 0 Å². The van der Waals surface area contributed by atoms with Gasteiger partial charge in [-0.2, -0.15) is 4.31 Å². The second-order valence-electron chi connectivity index (χ2n) is 7.99. The fourth-order valence-corrected chi connectivity index (χ4v) is 5.44. The number of amides is 1. The molecule has 1 aromatic heterocycles. The second-order valence-corrected chi connectivity index (χ2v) is 10.3. The molecule has 0 aliphatic heterocycles. The van der Waals surface area contributed by atoms with Crippen molar-refractivity contribution in [1.82, 2.24) is 14.6 Å². The van der Waals surface area contributed by atoms with Crippen molar-refractivity contribution in [3.63, 3.8) is 0 Å². The van der Waals surface area contributed by atoms with Gasteiger partial charge in [-0.05, 0) is 49.6 Å². The van der Waals surface area contributed by atoms with Crippen LogP contribution in [0.15, 0.2) is 47.5 Å². The zero-order valence-electron chi connectivity index (χ0n) is 17.7. The van der Waals surface area contributed by atoms with Gasteiger partial charge in [0.25, 0.3) is 5.91 Å². The third-order valence-electron chi connectivity index (χ3n) is 5.53. The predicted molar refractivity (Wildman–Crippen MR) is 120 cm³/mol. The highest BCUT2D eigenvalue weighted by Gasteiger charge is 2.38. The highest BCUT2D eigenvalue weighted by Crippen LogP contribution is 2.31. The zero-order valence-corrected chi connectivity index (χ0v) is 19.3. The Labute approximate surface area is 192 Å². The number of aromatic nitrogens is 1. The summed E-state index contributed by atoms with van der Waals surface area (Å²) in [6, 6.07) is 8.05. The number of nitrogens with one attached hydrogen (secondary N) is 1. The summed E-state index contributed by atoms with van der Waals surface area (Å²) in [5.74, 6) is -0.342. The molecule has 174 valence electrons. The highest BCUT2D eigenvalue weighted by molar-refractivity contribution is 7.89. The first-order valence-electron chi connectivity index (χ1n) is 10.5. The molecule has 2 aromatic rings. The molecule has 32 heavy (non-hydrogen) atoms. The molecule has 1 aliphatic rings. The van der Waals surface area contributed by atoms with E-state index in [1.54, 1.807) is 31.2 Å². The van der Waals surface area contributed by atoms with Crippen molar-refractivity contribution in [2.24, 2.45) is 0 Å². The Balaban J connectivity index is 1.87. The molecule has 7 nitrogen and oxygen atoms in total. The van der Waals surface area contributed by atoms with Gasteiger partial charge >= 0.3 is 0 Å². The van der Waals surface area contributed by atoms with Gasteiger partial charge < -0.3 is 10.4 Å². The number of nitrogens with zero attached hydrogens (tertiary/aromatic N) is 2. The summed E-state index contributed by atoms with van der Waals surface area (Å²) in [6.45, 7) is 1.46. The Morgan fingerprint density at radius 1 is 1.25 bits per heavy atom. The lowest BCUT2D eigenvalue weighted by Gasteiger charge is -2.35. The van der Waals surface area contributed by atoms with Gasteiger partial charge in [0.05, 0.1) is 12.6 Å². The lowest BCUT2D eigenvalue weighted by Crippen LogP contribution is -2.46. The van der Waals surface area contributed by atoms with E-state index in [0.717, 1.165) is 12.8 Å². The fourth-order valence-electron chi connectivity index (χ4n) is 3.72. The summed E-state index contributed by atoms with van der Waals surface area (Å²) in [5, 5.41) is 11.9. The van der Waals surface area contributed by atoms with E-state index < -0.39 is 22.2 Å². The fraction of sp³-hybridized carbons (Fsp3) is 0.455. The molecule has 10 heteroatoms. The van der Waals surface area contributed by atoms with E-state index in [0.29, 0.717) is 24.0 Å². The number of carbonyl (C=O) groups is 1. The van der Waals surface area contributed by atoms with E-state index in [2.05, 4.69) is 10.3 Å². The van der Waals surface area contributed by atoms with Gasteiger partial charge in [0.1, 0.15) is 16.2 Å². The maximum absolute atomic E-state index is 14.8. The highest BCUT2D eigenvalue weighted by atomic mass is 35.5. The first-order chi connectivity index (χ1) is 15.2. The summed E-state index contributed by atoms with van der Waals surface area (Å²) in [5.41, 5.74) is 1.01. The van der Waals surface area contributed by atoms with Gasteiger partial charge in [-0.15, -0.1) is 0 Å². The van der Waals surface area contributed by atoms with Crippen LogP contribution in [-0.4, -0.2) is 53.6 Å². The van der Waals surface area contributed by atoms with E-state index in [1.807, 2.05) is 0 Å². The Kier molecular flexibility index (Phi) is 8.21. The molecule has 1 amide bonds. The minimum Gasteiger partial charge on any atom is -0.394 e. The van der Waals surface area contributed by atoms with Crippen LogP contribution in [0.1, 0.15) is 48.5 Å². The second kappa shape index (κ2) is 10.7. The standard InChI is InChI=1S/C22H27ClFN3O4S/c1-15(14-28)26-22(29)17-8-6-16(7-9-17)13-27(20-5-3-2-4-19(20)24)32(30,31)18-10-11-21(23)25-12-18/h6-12,15,19-20,28H,2-5,13-14H2,1H3,(H,26,29). The van der Waals surface area contributed by atoms with Crippen LogP contribution in [0.4, 0.5) is 4.39 Å². The van der Waals surface area contributed by atoms with Crippen molar-refractivity contribution in [2.45, 2.75) is 62.3 Å². The smallest absolute Gasteiger partial charge is 0.251 e. The number of rotatable bonds is 8. The van der Waals surface area contributed by atoms with Crippen molar-refractivity contribution in [3.8, 4) is 0 Å². The third-order valence-corrected chi connectivity index (χ3v) is 7.61. The molecular formula is C22H27ClFN3O4S. The van der Waals surface area contributed by atoms with Crippen LogP contribution in [0, 0.1) is 0 Å². The number of sulfonamides is 1. The largest absolute Gasteiger partial charge is 0.394 e. The van der Waals surface area contributed by atoms with E-state index in [1.165, 1.54) is 22.6 Å². The first kappa shape index (κ1) is 24.6. The lowest BCUT2D eigenvalue weighted by molar-refractivity contribution is 0.0922. The molecule has 3 unspecified atom stereocenters. The van der Waals surface area contributed by atoms with Crippen molar-refractivity contribution >= 4 is 27.5 Å². The SMILES string of the molecule is CC(CO)NC(=O)c1ccc(CN(C2CCCCC2F)S(=O)(=O)c2ccc(Cl)nc2)cc1. The van der Waals surface area contributed by atoms with E-state index in [-0.39, 0.29) is 35.1 Å². The molecule has 0 spiro atoms. The van der Waals surface area contributed by atoms with Gasteiger partial charge in [-0.25, -0.2) is 17.8 Å². The Hall–Kier alpha value is -2.07. The van der Waals surface area contributed by atoms with Crippen LogP contribution in [0.25, 0.3) is 0 Å². The average molecular weight is 484 g/mol. The number of halogens is 2. The maximum atomic E-state index is 14.8. The number of aliphatic hydroxyl groups is 1. The van der Waals surface area contributed by atoms with Crippen LogP contribution in [0.5, 0.6) is 0 Å². The average Bonchev–Trinajstić information content (AvgIpc) is 2.78. The quantitative estimate of drug-likeness (QED) is 0.561. The summed E-state index contributed by atoms with van der Waals surface area (Å²) >= 11 is 5.80. The van der Waals surface area contributed by atoms with Crippen LogP contribution in [-0.2, 0) is 16.6 Å². The number of aliphatic hydroxyl groups excluding tert-OH is 1. The molecule has 2 N–H and O–H groups in total. The number of hydrogen-bond acceptors (Lipinski definition) is 5. The van der Waals surface area contributed by atoms with Crippen molar-refractivity contribution in [2.75, 3.05) is 6.61 Å². The number of benzene rings is 1. The lowest BCUT2D eigenvalue weighted by atomic mass is 9.93. The van der Waals surface area contributed by atoms with Crippen LogP contribution < -0.4 is 5.32 Å². The normalized spacial score (nSPS) is 20.2. The Morgan fingerprint density at radius 3 is 2.53 bits per heavy atom. The number of carbonyl (C=O) groups excluding carboxylic acids is 1. The zero-order chi connectivity index (χ0) is 23.3. The summed E-state index contributed by atoms with van der Waals surface area (Å²) in [7, 11) is -4.03. The molecule has 0 saturated heterocycles. The molecule has 3 rings (SSSR count). The molecular weight excluding hydrogens is 457 g/mol. The van der Waals surface area contributed by atoms with Crippen LogP contribution in [0.3, 0.4) is 0 Å². The van der Waals surface area contributed by atoms with Gasteiger partial charge in [-0.1, -0.05) is 36.6 Å². The Bertz CT molecular complexity index is 1020. The van der Waals surface area contributed by atoms with Crippen molar-refractivity contribution in [3.05, 3.63) is 58.9 Å². The molecule has 1 saturated carbocycles. The van der Waals surface area contributed by atoms with E-state index in [4.69, 9.17) is 16.7 Å². The molecule has 1 aromatic carbocycles. The number of hydrogen-bond donors (Lipinski definition) is 2. The topological polar surface area (TPSA) is 99.6 Å². The summed E-state index contributed by atoms with van der Waals surface area (Å²) in [4.78, 5) is 16.0. The van der Waals surface area contributed by atoms with E-state index in [9.17, 15) is 17.6 Å². The van der Waals surface area contributed by atoms with E-state index >= 15 is 0 Å². The summed E-state index contributed by atoms with van der Waals surface area (Å²) < 4.78 is 42.8. The third kappa shape index (κ3) is 5.83. The molecule has 1 aliphatic carbocycles. The number of pyridine rings is 1. The molecule has 0 radical (unpaired) electrons. The molecule has 1 heterocycles. The summed E-state index contributed by atoms with van der Waals surface area (Å²) in [6.07, 6.45) is 2.14. The first-order valence-corrected chi connectivity index (χ1v) is 12.3. The van der Waals surface area contributed by atoms with Crippen molar-refractivity contribution < 1.29 is 22.7 Å². The monoisotopic (exact) mass is 483 g/mol. The van der Waals surface area contributed by atoms with Crippen molar-refractivity contribution in [1.29, 1.82) is 0 Å². The molecule has 0 bridgehead atoms. The predicted octanol–water partition coefficient (Wildman–Crippen LogP) is 3.32. The van der Waals surface area contributed by atoms with Gasteiger partial charge in [0, 0.05) is 24.3 Å². The van der Waals surface area contributed by atoms with Gasteiger partial charge in [-0.3, -0.25) is 4.79 Å². The van der Waals surface area contributed by atoms with Crippen LogP contribution in [0.2, 0.25) is 5.15 Å². The van der Waals surface area contributed by atoms with Gasteiger partial charge in [0.2, 0.25) is 10.0 Å². The molecule has 3 atom stereocenters. The molecule has 1 fully saturated rings. The number of alkyl halides is 1.